The minimum atomic E-state index is -4.53. The Hall–Kier alpha value is -3.90. The van der Waals surface area contributed by atoms with E-state index in [2.05, 4.69) is 4.99 Å². The lowest BCUT2D eigenvalue weighted by Gasteiger charge is -2.41. The standard InChI is InChI=1S/C36H43N3O7S/c1-2-21-20-32(47(42,43)44)31-19-27-17-26(18-30(15-16-40)45-34(27)24-7-11-28(41)12-8-24)33(31)23-3-5-25(6-4-23)35(39-36(37)38)46-29-13-9-22(21)10-14-29/h3-14,19,21,26,30-35,40-41H,2,15-18,20H2,1H3,(H4,37,38,39)(H,42,43,44)/t21-,26+,30+,31+,32?,33+,34+,35+/m1/s1. The number of nitrogens with two attached hydrogens (primary N) is 2. The molecule has 0 saturated carbocycles. The van der Waals surface area contributed by atoms with Crippen molar-refractivity contribution in [3.8, 4) is 11.5 Å². The van der Waals surface area contributed by atoms with Crippen molar-refractivity contribution in [1.29, 1.82) is 0 Å². The highest BCUT2D eigenvalue weighted by Gasteiger charge is 2.47. The van der Waals surface area contributed by atoms with Crippen LogP contribution in [0.4, 0.5) is 0 Å². The van der Waals surface area contributed by atoms with Gasteiger partial charge in [0.05, 0.1) is 11.4 Å². The molecular weight excluding hydrogens is 618 g/mol. The van der Waals surface area contributed by atoms with Gasteiger partial charge in [-0.15, -0.1) is 0 Å². The van der Waals surface area contributed by atoms with Gasteiger partial charge in [-0.05, 0) is 96.4 Å². The number of fused-ring (bicyclic) bond motifs is 2. The first-order valence-corrected chi connectivity index (χ1v) is 17.7. The van der Waals surface area contributed by atoms with Crippen LogP contribution in [-0.2, 0) is 14.9 Å². The summed E-state index contributed by atoms with van der Waals surface area (Å²) in [5, 5.41) is 18.9. The maximum atomic E-state index is 13.5. The van der Waals surface area contributed by atoms with Crippen LogP contribution in [0.2, 0.25) is 0 Å². The SMILES string of the molecule is CC[C@@H]1CC(S(=O)(=O)O)[C@@H]2C=C3C[C@@H](C[C@H](CCO)O[C@H]3c3ccc(O)cc3)[C@@H]2c2ccc(cc2)[C@@H](N=C(N)N)Oc2ccc1cc2. The van der Waals surface area contributed by atoms with Crippen molar-refractivity contribution in [2.45, 2.75) is 74.5 Å². The summed E-state index contributed by atoms with van der Waals surface area (Å²) >= 11 is 0. The van der Waals surface area contributed by atoms with Crippen LogP contribution in [0.25, 0.3) is 0 Å². The Morgan fingerprint density at radius 1 is 0.915 bits per heavy atom. The highest BCUT2D eigenvalue weighted by molar-refractivity contribution is 7.86. The van der Waals surface area contributed by atoms with E-state index in [4.69, 9.17) is 20.9 Å². The monoisotopic (exact) mass is 661 g/mol. The number of aromatic hydroxyl groups is 1. The van der Waals surface area contributed by atoms with Crippen molar-refractivity contribution in [2.24, 2.45) is 28.3 Å². The number of aliphatic imine (C=N–C) groups is 1. The van der Waals surface area contributed by atoms with Gasteiger partial charge in [-0.3, -0.25) is 4.55 Å². The molecule has 3 aromatic rings. The zero-order chi connectivity index (χ0) is 33.3. The molecule has 5 heterocycles. The summed E-state index contributed by atoms with van der Waals surface area (Å²) in [4.78, 5) is 4.34. The molecule has 3 aromatic carbocycles. The number of phenols is 1. The average Bonchev–Trinajstić information content (AvgIpc) is 3.17. The Morgan fingerprint density at radius 3 is 2.17 bits per heavy atom. The molecule has 250 valence electrons. The van der Waals surface area contributed by atoms with E-state index in [1.807, 2.05) is 73.7 Å². The topological polar surface area (TPSA) is 178 Å². The molecule has 7 N–H and O–H groups in total. The molecule has 0 amide bonds. The van der Waals surface area contributed by atoms with E-state index in [9.17, 15) is 23.2 Å². The number of hydrogen-bond acceptors (Lipinski definition) is 7. The van der Waals surface area contributed by atoms with Gasteiger partial charge in [0.2, 0.25) is 6.23 Å². The number of aliphatic hydroxyl groups is 1. The van der Waals surface area contributed by atoms with Crippen molar-refractivity contribution in [3.63, 3.8) is 0 Å². The van der Waals surface area contributed by atoms with Crippen molar-refractivity contribution < 1.29 is 32.7 Å². The lowest BCUT2D eigenvalue weighted by atomic mass is 9.65. The first-order valence-electron chi connectivity index (χ1n) is 16.2. The second-order valence-electron chi connectivity index (χ2n) is 12.9. The van der Waals surface area contributed by atoms with Crippen molar-refractivity contribution in [1.82, 2.24) is 0 Å². The van der Waals surface area contributed by atoms with Crippen LogP contribution in [0, 0.1) is 11.8 Å². The van der Waals surface area contributed by atoms with Gasteiger partial charge in [0, 0.05) is 18.1 Å². The predicted molar refractivity (Wildman–Crippen MR) is 180 cm³/mol. The van der Waals surface area contributed by atoms with E-state index >= 15 is 0 Å². The Balaban J connectivity index is 1.55. The van der Waals surface area contributed by atoms with Crippen molar-refractivity contribution in [2.75, 3.05) is 6.61 Å². The van der Waals surface area contributed by atoms with Gasteiger partial charge in [0.15, 0.2) is 5.96 Å². The number of allylic oxidation sites excluding steroid dienone is 1. The van der Waals surface area contributed by atoms with Gasteiger partial charge in [-0.1, -0.05) is 61.5 Å². The summed E-state index contributed by atoms with van der Waals surface area (Å²) in [7, 11) is -4.53. The fourth-order valence-electron chi connectivity index (χ4n) is 7.80. The highest BCUT2D eigenvalue weighted by atomic mass is 32.2. The van der Waals surface area contributed by atoms with E-state index in [0.29, 0.717) is 31.4 Å². The number of hydrogen-bond donors (Lipinski definition) is 5. The Labute approximate surface area is 275 Å². The summed E-state index contributed by atoms with van der Waals surface area (Å²) in [6.07, 6.45) is 2.96. The maximum Gasteiger partial charge on any atom is 0.268 e. The van der Waals surface area contributed by atoms with Gasteiger partial charge in [0.25, 0.3) is 10.1 Å². The van der Waals surface area contributed by atoms with Crippen LogP contribution >= 0.6 is 0 Å². The number of aliphatic hydroxyl groups excluding tert-OH is 1. The summed E-state index contributed by atoms with van der Waals surface area (Å²) in [6.45, 7) is 1.96. The first kappa shape index (κ1) is 33.0. The molecule has 6 bridgehead atoms. The van der Waals surface area contributed by atoms with Crippen LogP contribution < -0.4 is 16.2 Å². The Kier molecular flexibility index (Phi) is 9.61. The molecule has 1 aliphatic carbocycles. The van der Waals surface area contributed by atoms with Gasteiger partial charge in [-0.25, -0.2) is 4.99 Å². The van der Waals surface area contributed by atoms with Crippen LogP contribution in [-0.4, -0.2) is 47.1 Å². The molecule has 5 aliphatic heterocycles. The Morgan fingerprint density at radius 2 is 1.55 bits per heavy atom. The minimum absolute atomic E-state index is 0.0480. The van der Waals surface area contributed by atoms with Crippen LogP contribution in [0.5, 0.6) is 11.5 Å². The lowest BCUT2D eigenvalue weighted by Crippen LogP contribution is -2.39. The normalized spacial score (nSPS) is 29.0. The molecule has 11 heteroatoms. The molecular formula is C36H43N3O7S. The molecule has 1 saturated heterocycles. The van der Waals surface area contributed by atoms with Crippen LogP contribution in [0.3, 0.4) is 0 Å². The minimum Gasteiger partial charge on any atom is -0.508 e. The molecule has 10 nitrogen and oxygen atoms in total. The van der Waals surface area contributed by atoms with Gasteiger partial charge in [-0.2, -0.15) is 8.42 Å². The zero-order valence-electron chi connectivity index (χ0n) is 26.4. The highest BCUT2D eigenvalue weighted by Crippen LogP contribution is 2.53. The van der Waals surface area contributed by atoms with Crippen molar-refractivity contribution >= 4 is 16.1 Å². The summed E-state index contributed by atoms with van der Waals surface area (Å²) in [5.41, 5.74) is 15.9. The van der Waals surface area contributed by atoms with E-state index < -0.39 is 33.6 Å². The summed E-state index contributed by atoms with van der Waals surface area (Å²) < 4.78 is 50.9. The van der Waals surface area contributed by atoms with E-state index in [1.54, 1.807) is 12.1 Å². The fraction of sp³-hybridized carbons (Fsp3) is 0.417. The average molecular weight is 662 g/mol. The van der Waals surface area contributed by atoms with E-state index in [0.717, 1.165) is 27.8 Å². The van der Waals surface area contributed by atoms with Crippen LogP contribution in [0.15, 0.2) is 89.4 Å². The summed E-state index contributed by atoms with van der Waals surface area (Å²) in [5.74, 6) is -0.495. The molecule has 1 fully saturated rings. The molecule has 0 aromatic heterocycles. The van der Waals surface area contributed by atoms with Gasteiger partial charge >= 0.3 is 0 Å². The maximum absolute atomic E-state index is 13.5. The molecule has 6 aliphatic rings. The van der Waals surface area contributed by atoms with E-state index in [-0.39, 0.29) is 48.6 Å². The first-order chi connectivity index (χ1) is 22.5. The smallest absolute Gasteiger partial charge is 0.268 e. The largest absolute Gasteiger partial charge is 0.508 e. The second kappa shape index (κ2) is 13.7. The number of nitrogens with zero attached hydrogens (tertiary/aromatic N) is 1. The third kappa shape index (κ3) is 7.18. The second-order valence-corrected chi connectivity index (χ2v) is 14.6. The van der Waals surface area contributed by atoms with Gasteiger partial charge < -0.3 is 31.2 Å². The number of ether oxygens (including phenoxy) is 2. The van der Waals surface area contributed by atoms with Crippen LogP contribution in [0.1, 0.15) is 85.4 Å². The molecule has 47 heavy (non-hydrogen) atoms. The number of benzene rings is 3. The zero-order valence-corrected chi connectivity index (χ0v) is 27.2. The fourth-order valence-corrected chi connectivity index (χ4v) is 8.92. The number of phenolic OH excluding ortho intramolecular Hbond substituents is 1. The number of guanidine groups is 1. The lowest BCUT2D eigenvalue weighted by molar-refractivity contribution is -0.00769. The number of rotatable bonds is 6. The molecule has 9 rings (SSSR count). The molecule has 8 atom stereocenters. The molecule has 0 radical (unpaired) electrons. The summed E-state index contributed by atoms with van der Waals surface area (Å²) in [6, 6.07) is 22.1. The predicted octanol–water partition coefficient (Wildman–Crippen LogP) is 5.46. The van der Waals surface area contributed by atoms with Gasteiger partial charge in [0.1, 0.15) is 17.6 Å². The molecule has 0 spiro atoms. The quantitative estimate of drug-likeness (QED) is 0.0994. The van der Waals surface area contributed by atoms with Crippen molar-refractivity contribution in [3.05, 3.63) is 107 Å². The third-order valence-corrected chi connectivity index (χ3v) is 11.3. The Bertz CT molecular complexity index is 1700. The third-order valence-electron chi connectivity index (χ3n) is 10.00. The molecule has 1 unspecified atom stereocenters. The van der Waals surface area contributed by atoms with E-state index in [1.165, 1.54) is 0 Å².